The molecule has 0 aromatic carbocycles. The molecule has 2 unspecified atom stereocenters. The molecule has 0 fully saturated rings. The van der Waals surface area contributed by atoms with Gasteiger partial charge in [0.25, 0.3) is 0 Å². The van der Waals surface area contributed by atoms with E-state index in [0.717, 1.165) is 6.42 Å². The SMILES string of the molecule is CCCCCCCCCC/C=C\CCCCCCCCCOC[C@H](COP(=O)(O)C(CC)[N+](C)(C)C)OC. The molecule has 6 nitrogen and oxygen atoms in total. The predicted molar refractivity (Wildman–Crippen MR) is 163 cm³/mol. The Morgan fingerprint density at radius 1 is 0.737 bits per heavy atom. The van der Waals surface area contributed by atoms with Crippen LogP contribution >= 0.6 is 7.60 Å². The maximum atomic E-state index is 12.7. The van der Waals surface area contributed by atoms with Crippen molar-refractivity contribution in [2.75, 3.05) is 48.1 Å². The van der Waals surface area contributed by atoms with Crippen LogP contribution in [-0.4, -0.2) is 69.3 Å². The van der Waals surface area contributed by atoms with Crippen molar-refractivity contribution in [3.05, 3.63) is 12.2 Å². The monoisotopic (exact) mass is 562 g/mol. The summed E-state index contributed by atoms with van der Waals surface area (Å²) in [6.07, 6.45) is 27.4. The summed E-state index contributed by atoms with van der Waals surface area (Å²) >= 11 is 0. The number of ether oxygens (including phenoxy) is 2. The van der Waals surface area contributed by atoms with Gasteiger partial charge in [0.15, 0.2) is 5.78 Å². The summed E-state index contributed by atoms with van der Waals surface area (Å²) in [7, 11) is 3.58. The zero-order chi connectivity index (χ0) is 28.5. The van der Waals surface area contributed by atoms with Gasteiger partial charge < -0.3 is 23.4 Å². The Labute approximate surface area is 237 Å². The van der Waals surface area contributed by atoms with E-state index >= 15 is 0 Å². The molecule has 0 saturated carbocycles. The molecule has 7 heteroatoms. The summed E-state index contributed by atoms with van der Waals surface area (Å²) < 4.78 is 29.7. The van der Waals surface area contributed by atoms with Crippen LogP contribution in [-0.2, 0) is 18.6 Å². The molecule has 1 N–H and O–H groups in total. The summed E-state index contributed by atoms with van der Waals surface area (Å²) in [4.78, 5) is 10.4. The van der Waals surface area contributed by atoms with E-state index in [4.69, 9.17) is 14.0 Å². The summed E-state index contributed by atoms with van der Waals surface area (Å²) in [5.41, 5.74) is 0. The smallest absolute Gasteiger partial charge is 0.379 e. The van der Waals surface area contributed by atoms with Crippen molar-refractivity contribution < 1.29 is 27.9 Å². The van der Waals surface area contributed by atoms with Gasteiger partial charge in [-0.1, -0.05) is 103 Å². The number of nitrogens with zero attached hydrogens (tertiary/aromatic N) is 1. The molecule has 0 aromatic rings. The Hall–Kier alpha value is -0.230. The highest BCUT2D eigenvalue weighted by atomic mass is 31.2. The highest BCUT2D eigenvalue weighted by molar-refractivity contribution is 7.53. The minimum Gasteiger partial charge on any atom is -0.379 e. The number of methoxy groups -OCH3 is 1. The van der Waals surface area contributed by atoms with Crippen molar-refractivity contribution in [3.63, 3.8) is 0 Å². The number of unbranched alkanes of at least 4 members (excludes halogenated alkanes) is 15. The highest BCUT2D eigenvalue weighted by Crippen LogP contribution is 2.51. The molecule has 0 amide bonds. The van der Waals surface area contributed by atoms with E-state index in [1.165, 1.54) is 103 Å². The first kappa shape index (κ1) is 37.8. The first-order chi connectivity index (χ1) is 18.2. The second-order valence-electron chi connectivity index (χ2n) is 11.8. The number of hydrogen-bond donors (Lipinski definition) is 1. The first-order valence-electron chi connectivity index (χ1n) is 15.7. The fourth-order valence-electron chi connectivity index (χ4n) is 4.87. The molecule has 0 bridgehead atoms. The van der Waals surface area contributed by atoms with Gasteiger partial charge >= 0.3 is 7.60 Å². The van der Waals surface area contributed by atoms with Crippen molar-refractivity contribution in [2.24, 2.45) is 0 Å². The van der Waals surface area contributed by atoms with Gasteiger partial charge in [-0.2, -0.15) is 0 Å². The normalized spacial score (nSPS) is 15.7. The van der Waals surface area contributed by atoms with Gasteiger partial charge in [0.1, 0.15) is 6.10 Å². The van der Waals surface area contributed by atoms with Crippen LogP contribution in [0.2, 0.25) is 0 Å². The van der Waals surface area contributed by atoms with E-state index in [0.29, 0.717) is 24.1 Å². The van der Waals surface area contributed by atoms with Crippen molar-refractivity contribution in [2.45, 2.75) is 141 Å². The Morgan fingerprint density at radius 3 is 1.66 bits per heavy atom. The minimum atomic E-state index is -3.74. The van der Waals surface area contributed by atoms with Crippen LogP contribution in [0.4, 0.5) is 0 Å². The van der Waals surface area contributed by atoms with E-state index in [2.05, 4.69) is 19.1 Å². The van der Waals surface area contributed by atoms with Crippen molar-refractivity contribution in [1.82, 2.24) is 0 Å². The number of quaternary nitrogens is 1. The molecular weight excluding hydrogens is 497 g/mol. The fraction of sp³-hybridized carbons (Fsp3) is 0.935. The molecule has 0 saturated heterocycles. The minimum absolute atomic E-state index is 0.0646. The van der Waals surface area contributed by atoms with Gasteiger partial charge in [-0.3, -0.25) is 4.57 Å². The van der Waals surface area contributed by atoms with Crippen LogP contribution in [0.15, 0.2) is 12.2 Å². The molecule has 0 aliphatic heterocycles. The first-order valence-corrected chi connectivity index (χ1v) is 17.4. The van der Waals surface area contributed by atoms with Gasteiger partial charge in [0, 0.05) is 20.1 Å². The number of rotatable bonds is 28. The molecule has 0 spiro atoms. The average Bonchev–Trinajstić information content (AvgIpc) is 2.86. The third kappa shape index (κ3) is 21.6. The van der Waals surface area contributed by atoms with Crippen LogP contribution in [0, 0.1) is 0 Å². The fourth-order valence-corrected chi connectivity index (χ4v) is 6.76. The predicted octanol–water partition coefficient (Wildman–Crippen LogP) is 8.87. The van der Waals surface area contributed by atoms with Gasteiger partial charge in [0.2, 0.25) is 0 Å². The van der Waals surface area contributed by atoms with E-state index in [-0.39, 0.29) is 12.7 Å². The molecule has 0 aliphatic rings. The molecule has 0 rings (SSSR count). The lowest BCUT2D eigenvalue weighted by Gasteiger charge is -2.35. The summed E-state index contributed by atoms with van der Waals surface area (Å²) in [6.45, 7) is 5.33. The van der Waals surface area contributed by atoms with Crippen molar-refractivity contribution in [1.29, 1.82) is 0 Å². The van der Waals surface area contributed by atoms with E-state index in [1.54, 1.807) is 7.11 Å². The Bertz CT molecular complexity index is 593. The van der Waals surface area contributed by atoms with Crippen LogP contribution in [0.3, 0.4) is 0 Å². The molecule has 0 heterocycles. The molecule has 0 aliphatic carbocycles. The highest BCUT2D eigenvalue weighted by Gasteiger charge is 2.41. The summed E-state index contributed by atoms with van der Waals surface area (Å²) in [6, 6.07) is 0. The quantitative estimate of drug-likeness (QED) is 0.0446. The second kappa shape index (κ2) is 24.6. The van der Waals surface area contributed by atoms with Crippen molar-refractivity contribution >= 4 is 7.60 Å². The summed E-state index contributed by atoms with van der Waals surface area (Å²) in [5, 5.41) is 0. The molecular formula is C31H65NO5P+. The van der Waals surface area contributed by atoms with Crippen molar-refractivity contribution in [3.8, 4) is 0 Å². The maximum absolute atomic E-state index is 12.7. The zero-order valence-electron chi connectivity index (χ0n) is 26.1. The molecule has 228 valence electrons. The van der Waals surface area contributed by atoms with E-state index in [9.17, 15) is 9.46 Å². The lowest BCUT2D eigenvalue weighted by atomic mass is 10.1. The lowest BCUT2D eigenvalue weighted by molar-refractivity contribution is -0.883. The lowest BCUT2D eigenvalue weighted by Crippen LogP contribution is -2.45. The Kier molecular flexibility index (Phi) is 24.4. The average molecular weight is 563 g/mol. The second-order valence-corrected chi connectivity index (χ2v) is 13.8. The van der Waals surface area contributed by atoms with E-state index in [1.807, 2.05) is 28.1 Å². The largest absolute Gasteiger partial charge is 0.385 e. The maximum Gasteiger partial charge on any atom is 0.385 e. The Morgan fingerprint density at radius 2 is 1.21 bits per heavy atom. The number of hydrogen-bond acceptors (Lipinski definition) is 4. The van der Waals surface area contributed by atoms with Gasteiger partial charge in [0.05, 0.1) is 34.4 Å². The van der Waals surface area contributed by atoms with E-state index < -0.39 is 13.4 Å². The third-order valence-corrected chi connectivity index (χ3v) is 9.60. The van der Waals surface area contributed by atoms with Crippen LogP contribution < -0.4 is 0 Å². The topological polar surface area (TPSA) is 65.0 Å². The standard InChI is InChI=1S/C31H64NO5P/c1-7-9-10-11-12-13-14-15-16-17-18-19-20-21-22-23-24-25-26-27-36-28-30(35-6)29-37-38(33,34)31(8-2)32(3,4)5/h17-18,30-31H,7-16,19-29H2,1-6H3/p+1/b18-17-/t30-,31?/m1/s1. The Balaban J connectivity index is 3.60. The zero-order valence-corrected chi connectivity index (χ0v) is 27.0. The molecule has 3 atom stereocenters. The molecule has 0 aromatic heterocycles. The van der Waals surface area contributed by atoms with Crippen LogP contribution in [0.5, 0.6) is 0 Å². The van der Waals surface area contributed by atoms with Crippen LogP contribution in [0.1, 0.15) is 129 Å². The van der Waals surface area contributed by atoms with Crippen LogP contribution in [0.25, 0.3) is 0 Å². The van der Waals surface area contributed by atoms with Gasteiger partial charge in [-0.25, -0.2) is 0 Å². The molecule has 38 heavy (non-hydrogen) atoms. The molecule has 0 radical (unpaired) electrons. The third-order valence-electron chi connectivity index (χ3n) is 7.27. The number of allylic oxidation sites excluding steroid dienone is 2. The van der Waals surface area contributed by atoms with Gasteiger partial charge in [-0.15, -0.1) is 0 Å². The summed E-state index contributed by atoms with van der Waals surface area (Å²) in [5.74, 6) is -0.457. The van der Waals surface area contributed by atoms with Gasteiger partial charge in [-0.05, 0) is 32.1 Å².